The molecule has 134 valence electrons. The lowest BCUT2D eigenvalue weighted by Gasteiger charge is -2.06. The van der Waals surface area contributed by atoms with Gasteiger partial charge >= 0.3 is 0 Å². The maximum absolute atomic E-state index is 12.8. The van der Waals surface area contributed by atoms with Gasteiger partial charge in [-0.05, 0) is 24.5 Å². The summed E-state index contributed by atoms with van der Waals surface area (Å²) in [5.74, 6) is 0.0450. The van der Waals surface area contributed by atoms with Crippen molar-refractivity contribution in [3.8, 4) is 0 Å². The Morgan fingerprint density at radius 3 is 2.42 bits per heavy atom. The number of hydrogen-bond donors (Lipinski definition) is 1. The number of imidazole rings is 1. The number of carbonyl (C=O) groups excluding carboxylic acids is 1. The Kier molecular flexibility index (Phi) is 5.45. The third-order valence-corrected chi connectivity index (χ3v) is 4.98. The highest BCUT2D eigenvalue weighted by Gasteiger charge is 2.16. The SMILES string of the molecule is CBc1ccc(C(=O)Cn2c(=N)n(CCC)c3c(CC)cccc32)cc1. The van der Waals surface area contributed by atoms with E-state index in [2.05, 4.69) is 26.7 Å². The molecule has 0 amide bonds. The second-order valence-electron chi connectivity index (χ2n) is 6.67. The molecule has 26 heavy (non-hydrogen) atoms. The van der Waals surface area contributed by atoms with E-state index in [0.29, 0.717) is 11.2 Å². The number of benzene rings is 2. The molecule has 1 heterocycles. The number of carbonyl (C=O) groups is 1. The summed E-state index contributed by atoms with van der Waals surface area (Å²) in [6.45, 7) is 7.34. The van der Waals surface area contributed by atoms with Gasteiger partial charge in [-0.2, -0.15) is 0 Å². The Morgan fingerprint density at radius 1 is 1.08 bits per heavy atom. The van der Waals surface area contributed by atoms with Crippen molar-refractivity contribution in [1.82, 2.24) is 9.13 Å². The van der Waals surface area contributed by atoms with E-state index in [4.69, 9.17) is 5.41 Å². The van der Waals surface area contributed by atoms with Gasteiger partial charge in [0, 0.05) is 12.1 Å². The van der Waals surface area contributed by atoms with Crippen LogP contribution in [-0.2, 0) is 19.5 Å². The van der Waals surface area contributed by atoms with Gasteiger partial charge in [-0.1, -0.05) is 62.5 Å². The lowest BCUT2D eigenvalue weighted by molar-refractivity contribution is 0.0971. The summed E-state index contributed by atoms with van der Waals surface area (Å²) in [6.07, 6.45) is 1.87. The maximum Gasteiger partial charge on any atom is 0.203 e. The van der Waals surface area contributed by atoms with Crippen LogP contribution >= 0.6 is 0 Å². The van der Waals surface area contributed by atoms with Gasteiger partial charge in [0.25, 0.3) is 0 Å². The molecule has 5 heteroatoms. The van der Waals surface area contributed by atoms with Crippen LogP contribution in [0.25, 0.3) is 11.0 Å². The van der Waals surface area contributed by atoms with E-state index in [0.717, 1.165) is 37.7 Å². The van der Waals surface area contributed by atoms with Crippen LogP contribution in [0.1, 0.15) is 36.2 Å². The molecule has 4 nitrogen and oxygen atoms in total. The third kappa shape index (κ3) is 3.26. The van der Waals surface area contributed by atoms with Crippen molar-refractivity contribution in [3.05, 3.63) is 59.2 Å². The topological polar surface area (TPSA) is 50.8 Å². The molecule has 0 aliphatic rings. The van der Waals surface area contributed by atoms with E-state index in [1.807, 2.05) is 45.5 Å². The summed E-state index contributed by atoms with van der Waals surface area (Å²) in [5, 5.41) is 8.64. The number of Topliss-reactive ketones (excluding diaryl/α,β-unsaturated/α-hetero) is 1. The van der Waals surface area contributed by atoms with E-state index in [9.17, 15) is 4.79 Å². The summed E-state index contributed by atoms with van der Waals surface area (Å²) >= 11 is 0. The summed E-state index contributed by atoms with van der Waals surface area (Å²) in [5.41, 5.74) is 5.63. The lowest BCUT2D eigenvalue weighted by Crippen LogP contribution is -2.27. The van der Waals surface area contributed by atoms with Crippen LogP contribution in [0, 0.1) is 5.41 Å². The predicted octanol–water partition coefficient (Wildman–Crippen LogP) is 2.89. The normalized spacial score (nSPS) is 11.0. The number of ketones is 1. The van der Waals surface area contributed by atoms with E-state index < -0.39 is 0 Å². The second kappa shape index (κ2) is 7.77. The molecule has 0 unspecified atom stereocenters. The number of aryl methyl sites for hydroxylation is 2. The minimum Gasteiger partial charge on any atom is -0.310 e. The molecular weight excluding hydrogens is 321 g/mol. The number of aromatic nitrogens is 2. The zero-order chi connectivity index (χ0) is 18.7. The van der Waals surface area contributed by atoms with Crippen LogP contribution < -0.4 is 11.1 Å². The molecule has 0 saturated heterocycles. The quantitative estimate of drug-likeness (QED) is 0.519. The molecule has 0 radical (unpaired) electrons. The Balaban J connectivity index is 2.05. The van der Waals surface area contributed by atoms with E-state index in [1.165, 1.54) is 11.0 Å². The van der Waals surface area contributed by atoms with Crippen molar-refractivity contribution < 1.29 is 4.79 Å². The largest absolute Gasteiger partial charge is 0.310 e. The average Bonchev–Trinajstić information content (AvgIpc) is 2.94. The van der Waals surface area contributed by atoms with Crippen molar-refractivity contribution in [2.75, 3.05) is 0 Å². The summed E-state index contributed by atoms with van der Waals surface area (Å²) in [7, 11) is 0.963. The van der Waals surface area contributed by atoms with Crippen LogP contribution in [0.3, 0.4) is 0 Å². The maximum atomic E-state index is 12.8. The van der Waals surface area contributed by atoms with Gasteiger partial charge in [0.2, 0.25) is 5.62 Å². The summed E-state index contributed by atoms with van der Waals surface area (Å²) < 4.78 is 3.89. The van der Waals surface area contributed by atoms with Gasteiger partial charge in [0.15, 0.2) is 13.1 Å². The number of fused-ring (bicyclic) bond motifs is 1. The van der Waals surface area contributed by atoms with Crippen LogP contribution in [0.2, 0.25) is 6.82 Å². The fourth-order valence-electron chi connectivity index (χ4n) is 3.52. The predicted molar refractivity (Wildman–Crippen MR) is 109 cm³/mol. The molecule has 0 aliphatic carbocycles. The van der Waals surface area contributed by atoms with Crippen LogP contribution in [0.4, 0.5) is 0 Å². The van der Waals surface area contributed by atoms with Gasteiger partial charge in [0.05, 0.1) is 17.6 Å². The van der Waals surface area contributed by atoms with Crippen molar-refractivity contribution >= 4 is 29.6 Å². The second-order valence-corrected chi connectivity index (χ2v) is 6.67. The number of nitrogens with zero attached hydrogens (tertiary/aromatic N) is 2. The van der Waals surface area contributed by atoms with E-state index in [1.54, 1.807) is 0 Å². The number of rotatable bonds is 7. The van der Waals surface area contributed by atoms with Gasteiger partial charge in [0.1, 0.15) is 0 Å². The number of nitrogens with one attached hydrogen (secondary N) is 1. The minimum atomic E-state index is 0.0450. The Morgan fingerprint density at radius 2 is 1.81 bits per heavy atom. The van der Waals surface area contributed by atoms with Crippen LogP contribution in [-0.4, -0.2) is 22.2 Å². The van der Waals surface area contributed by atoms with Gasteiger partial charge < -0.3 is 9.13 Å². The highest BCUT2D eigenvalue weighted by atomic mass is 16.1. The highest BCUT2D eigenvalue weighted by molar-refractivity contribution is 6.51. The Hall–Kier alpha value is -2.56. The molecule has 3 rings (SSSR count). The van der Waals surface area contributed by atoms with Crippen LogP contribution in [0.15, 0.2) is 42.5 Å². The van der Waals surface area contributed by atoms with Crippen molar-refractivity contribution in [2.24, 2.45) is 0 Å². The van der Waals surface area contributed by atoms with Crippen molar-refractivity contribution in [1.29, 1.82) is 5.41 Å². The molecule has 3 aromatic rings. The van der Waals surface area contributed by atoms with Crippen molar-refractivity contribution in [3.63, 3.8) is 0 Å². The average molecular weight is 347 g/mol. The fourth-order valence-corrected chi connectivity index (χ4v) is 3.52. The van der Waals surface area contributed by atoms with Crippen LogP contribution in [0.5, 0.6) is 0 Å². The molecular formula is C21H26BN3O. The van der Waals surface area contributed by atoms with E-state index >= 15 is 0 Å². The Labute approximate surface area is 155 Å². The smallest absolute Gasteiger partial charge is 0.203 e. The first-order valence-electron chi connectivity index (χ1n) is 9.48. The first-order valence-corrected chi connectivity index (χ1v) is 9.48. The first-order chi connectivity index (χ1) is 12.6. The molecule has 1 N–H and O–H groups in total. The van der Waals surface area contributed by atoms with Gasteiger partial charge in [-0.25, -0.2) is 0 Å². The zero-order valence-corrected chi connectivity index (χ0v) is 15.9. The third-order valence-electron chi connectivity index (χ3n) is 4.98. The highest BCUT2D eigenvalue weighted by Crippen LogP contribution is 2.20. The fraction of sp³-hybridized carbons (Fsp3) is 0.333. The van der Waals surface area contributed by atoms with Crippen molar-refractivity contribution in [2.45, 2.75) is 46.6 Å². The lowest BCUT2D eigenvalue weighted by atomic mass is 9.73. The minimum absolute atomic E-state index is 0.0450. The molecule has 1 aromatic heterocycles. The summed E-state index contributed by atoms with van der Waals surface area (Å²) in [6, 6.07) is 14.0. The molecule has 2 aromatic carbocycles. The molecule has 0 fully saturated rings. The Bertz CT molecular complexity index is 983. The molecule has 0 saturated carbocycles. The van der Waals surface area contributed by atoms with Gasteiger partial charge in [-0.15, -0.1) is 0 Å². The van der Waals surface area contributed by atoms with Gasteiger partial charge in [-0.3, -0.25) is 10.2 Å². The molecule has 0 bridgehead atoms. The summed E-state index contributed by atoms with van der Waals surface area (Å²) in [4.78, 5) is 12.8. The standard InChI is InChI=1S/C21H26BN3O/c1-4-13-24-20-15(5-2)7-6-8-18(20)25(21(24)23)14-19(26)16-9-11-17(22-3)12-10-16/h6-12,22-23H,4-5,13-14H2,1-3H3. The number of hydrogen-bond acceptors (Lipinski definition) is 2. The molecule has 0 spiro atoms. The first kappa shape index (κ1) is 18.2. The molecule has 0 atom stereocenters. The molecule has 0 aliphatic heterocycles. The zero-order valence-electron chi connectivity index (χ0n) is 15.9. The van der Waals surface area contributed by atoms with E-state index in [-0.39, 0.29) is 12.3 Å². The number of para-hydroxylation sites is 1. The monoisotopic (exact) mass is 347 g/mol.